The van der Waals surface area contributed by atoms with Crippen molar-refractivity contribution in [1.29, 1.82) is 0 Å². The van der Waals surface area contributed by atoms with Gasteiger partial charge in [-0.2, -0.15) is 0 Å². The lowest BCUT2D eigenvalue weighted by molar-refractivity contribution is -0.384. The van der Waals surface area contributed by atoms with E-state index in [0.29, 0.717) is 0 Å². The van der Waals surface area contributed by atoms with Gasteiger partial charge in [0, 0.05) is 28.9 Å². The number of nitrogens with one attached hydrogen (secondary N) is 1. The first-order valence-electron chi connectivity index (χ1n) is 6.82. The van der Waals surface area contributed by atoms with E-state index in [2.05, 4.69) is 11.4 Å². The average molecular weight is 303 g/mol. The molecule has 1 N–H and O–H groups in total. The topological polar surface area (TPSA) is 55.2 Å². The van der Waals surface area contributed by atoms with Crippen molar-refractivity contribution in [3.05, 3.63) is 68.2 Å². The van der Waals surface area contributed by atoms with Crippen LogP contribution in [0.2, 0.25) is 5.02 Å². The van der Waals surface area contributed by atoms with Crippen LogP contribution >= 0.6 is 11.6 Å². The highest BCUT2D eigenvalue weighted by molar-refractivity contribution is 6.30. The fourth-order valence-electron chi connectivity index (χ4n) is 2.79. The van der Waals surface area contributed by atoms with E-state index in [1.54, 1.807) is 12.1 Å². The SMILES string of the molecule is Cc1ccc([N+](=O)[O-])cc1NC1Cc2ccc(Cl)cc2C1. The first-order chi connectivity index (χ1) is 10.0. The van der Waals surface area contributed by atoms with Crippen LogP contribution in [0.5, 0.6) is 0 Å². The Morgan fingerprint density at radius 2 is 1.95 bits per heavy atom. The number of hydrogen-bond donors (Lipinski definition) is 1. The van der Waals surface area contributed by atoms with Gasteiger partial charge in [0.2, 0.25) is 0 Å². The van der Waals surface area contributed by atoms with Gasteiger partial charge in [-0.05, 0) is 48.6 Å². The van der Waals surface area contributed by atoms with E-state index in [9.17, 15) is 10.1 Å². The highest BCUT2D eigenvalue weighted by Crippen LogP contribution is 2.29. The van der Waals surface area contributed by atoms with Gasteiger partial charge in [0.05, 0.1) is 4.92 Å². The van der Waals surface area contributed by atoms with E-state index < -0.39 is 0 Å². The number of nitrogens with zero attached hydrogens (tertiary/aromatic N) is 1. The zero-order chi connectivity index (χ0) is 15.0. The second-order valence-corrected chi connectivity index (χ2v) is 5.86. The molecule has 1 aliphatic carbocycles. The number of anilines is 1. The van der Waals surface area contributed by atoms with Crippen molar-refractivity contribution in [2.45, 2.75) is 25.8 Å². The predicted molar refractivity (Wildman–Crippen MR) is 84.1 cm³/mol. The van der Waals surface area contributed by atoms with E-state index >= 15 is 0 Å². The summed E-state index contributed by atoms with van der Waals surface area (Å²) in [6.07, 6.45) is 1.80. The monoisotopic (exact) mass is 302 g/mol. The summed E-state index contributed by atoms with van der Waals surface area (Å²) >= 11 is 6.02. The van der Waals surface area contributed by atoms with Gasteiger partial charge < -0.3 is 5.32 Å². The number of hydrogen-bond acceptors (Lipinski definition) is 3. The fraction of sp³-hybridized carbons (Fsp3) is 0.250. The zero-order valence-corrected chi connectivity index (χ0v) is 12.4. The molecule has 1 atom stereocenters. The van der Waals surface area contributed by atoms with E-state index in [1.165, 1.54) is 17.2 Å². The highest BCUT2D eigenvalue weighted by Gasteiger charge is 2.22. The molecule has 0 radical (unpaired) electrons. The molecule has 0 spiro atoms. The molecule has 2 aromatic carbocycles. The van der Waals surface area contributed by atoms with Crippen LogP contribution in [0.1, 0.15) is 16.7 Å². The molecule has 0 saturated heterocycles. The quantitative estimate of drug-likeness (QED) is 0.685. The first kappa shape index (κ1) is 13.9. The summed E-state index contributed by atoms with van der Waals surface area (Å²) in [5, 5.41) is 15.1. The Morgan fingerprint density at radius 1 is 1.19 bits per heavy atom. The van der Waals surface area contributed by atoms with Crippen molar-refractivity contribution in [2.75, 3.05) is 5.32 Å². The Balaban J connectivity index is 1.80. The minimum Gasteiger partial charge on any atom is -0.381 e. The normalized spacial score (nSPS) is 16.6. The Morgan fingerprint density at radius 3 is 2.71 bits per heavy atom. The molecule has 0 heterocycles. The number of benzene rings is 2. The lowest BCUT2D eigenvalue weighted by atomic mass is 10.1. The smallest absolute Gasteiger partial charge is 0.271 e. The van der Waals surface area contributed by atoms with Gasteiger partial charge in [-0.25, -0.2) is 0 Å². The molecule has 0 aliphatic heterocycles. The van der Waals surface area contributed by atoms with Gasteiger partial charge in [0.15, 0.2) is 0 Å². The number of nitro groups is 1. The van der Waals surface area contributed by atoms with E-state index in [4.69, 9.17) is 11.6 Å². The zero-order valence-electron chi connectivity index (χ0n) is 11.6. The molecular formula is C16H15ClN2O2. The molecule has 21 heavy (non-hydrogen) atoms. The van der Waals surface area contributed by atoms with Gasteiger partial charge in [0.25, 0.3) is 5.69 Å². The van der Waals surface area contributed by atoms with Crippen molar-refractivity contribution < 1.29 is 4.92 Å². The number of rotatable bonds is 3. The molecule has 0 fully saturated rings. The minimum atomic E-state index is -0.367. The second-order valence-electron chi connectivity index (χ2n) is 5.42. The number of halogens is 1. The predicted octanol–water partition coefficient (Wildman–Crippen LogP) is 4.14. The third-order valence-electron chi connectivity index (χ3n) is 3.89. The summed E-state index contributed by atoms with van der Waals surface area (Å²) < 4.78 is 0. The maximum atomic E-state index is 10.9. The van der Waals surface area contributed by atoms with Gasteiger partial charge in [-0.3, -0.25) is 10.1 Å². The van der Waals surface area contributed by atoms with Crippen LogP contribution in [0.3, 0.4) is 0 Å². The van der Waals surface area contributed by atoms with Crippen LogP contribution in [-0.2, 0) is 12.8 Å². The number of fused-ring (bicyclic) bond motifs is 1. The van der Waals surface area contributed by atoms with Crippen molar-refractivity contribution in [2.24, 2.45) is 0 Å². The molecular weight excluding hydrogens is 288 g/mol. The Hall–Kier alpha value is -2.07. The largest absolute Gasteiger partial charge is 0.381 e. The number of aryl methyl sites for hydroxylation is 1. The Labute approximate surface area is 127 Å². The molecule has 1 unspecified atom stereocenters. The van der Waals surface area contributed by atoms with Crippen LogP contribution < -0.4 is 5.32 Å². The summed E-state index contributed by atoms with van der Waals surface area (Å²) in [6.45, 7) is 1.95. The van der Waals surface area contributed by atoms with Crippen molar-refractivity contribution in [1.82, 2.24) is 0 Å². The third kappa shape index (κ3) is 2.85. The summed E-state index contributed by atoms with van der Waals surface area (Å²) in [6, 6.07) is 11.1. The van der Waals surface area contributed by atoms with Crippen LogP contribution in [-0.4, -0.2) is 11.0 Å². The van der Waals surface area contributed by atoms with Crippen LogP contribution in [0.15, 0.2) is 36.4 Å². The van der Waals surface area contributed by atoms with Crippen LogP contribution in [0, 0.1) is 17.0 Å². The van der Waals surface area contributed by atoms with Gasteiger partial charge >= 0.3 is 0 Å². The van der Waals surface area contributed by atoms with E-state index in [1.807, 2.05) is 19.1 Å². The molecule has 0 saturated carbocycles. The van der Waals surface area contributed by atoms with Gasteiger partial charge in [-0.1, -0.05) is 23.7 Å². The molecule has 0 bridgehead atoms. The van der Waals surface area contributed by atoms with Crippen molar-refractivity contribution in [3.63, 3.8) is 0 Å². The summed E-state index contributed by atoms with van der Waals surface area (Å²) in [7, 11) is 0. The van der Waals surface area contributed by atoms with Gasteiger partial charge in [0.1, 0.15) is 0 Å². The Kier molecular flexibility index (Phi) is 3.55. The lowest BCUT2D eigenvalue weighted by Crippen LogP contribution is -2.20. The molecule has 0 aromatic heterocycles. The maximum absolute atomic E-state index is 10.9. The molecule has 2 aromatic rings. The molecule has 0 amide bonds. The van der Waals surface area contributed by atoms with E-state index in [-0.39, 0.29) is 16.7 Å². The standard InChI is InChI=1S/C16H15ClN2O2/c1-10-2-5-15(19(20)21)9-16(10)18-14-7-11-3-4-13(17)6-12(11)8-14/h2-6,9,14,18H,7-8H2,1H3. The lowest BCUT2D eigenvalue weighted by Gasteiger charge is -2.15. The van der Waals surface area contributed by atoms with Crippen LogP contribution in [0.25, 0.3) is 0 Å². The second kappa shape index (κ2) is 5.37. The summed E-state index contributed by atoms with van der Waals surface area (Å²) in [5.41, 5.74) is 4.49. The maximum Gasteiger partial charge on any atom is 0.271 e. The average Bonchev–Trinajstić information content (AvgIpc) is 2.82. The fourth-order valence-corrected chi connectivity index (χ4v) is 2.98. The third-order valence-corrected chi connectivity index (χ3v) is 4.13. The summed E-state index contributed by atoms with van der Waals surface area (Å²) in [5.74, 6) is 0. The summed E-state index contributed by atoms with van der Waals surface area (Å²) in [4.78, 5) is 10.5. The van der Waals surface area contributed by atoms with E-state index in [0.717, 1.165) is 29.1 Å². The van der Waals surface area contributed by atoms with Gasteiger partial charge in [-0.15, -0.1) is 0 Å². The van der Waals surface area contributed by atoms with Crippen molar-refractivity contribution in [3.8, 4) is 0 Å². The minimum absolute atomic E-state index is 0.113. The molecule has 108 valence electrons. The first-order valence-corrected chi connectivity index (χ1v) is 7.19. The molecule has 5 heteroatoms. The molecule has 4 nitrogen and oxygen atoms in total. The molecule has 3 rings (SSSR count). The Bertz CT molecular complexity index is 715. The highest BCUT2D eigenvalue weighted by atomic mass is 35.5. The van der Waals surface area contributed by atoms with Crippen LogP contribution in [0.4, 0.5) is 11.4 Å². The number of non-ortho nitro benzene ring substituents is 1. The number of nitro benzene ring substituents is 1. The molecule has 1 aliphatic rings. The van der Waals surface area contributed by atoms with Crippen molar-refractivity contribution >= 4 is 23.0 Å².